The second-order valence-corrected chi connectivity index (χ2v) is 4.15. The maximum absolute atomic E-state index is 10.8. The minimum absolute atomic E-state index is 0. The SMILES string of the molecule is CC(CC(=O)[PH](=O)CO)C(=O)[O-].[Li+]. The third kappa shape index (κ3) is 6.06. The summed E-state index contributed by atoms with van der Waals surface area (Å²) in [6.07, 6.45) is -1.02. The van der Waals surface area contributed by atoms with Gasteiger partial charge in [-0.3, -0.25) is 4.79 Å². The summed E-state index contributed by atoms with van der Waals surface area (Å²) >= 11 is 0. The standard InChI is InChI=1S/C6H11O5P.Li/c1-4(6(9)10)2-5(8)12(11)3-7;/h4,7,12H,2-3H2,1H3,(H,9,10);/q;+1/p-1. The number of carbonyl (C=O) groups is 2. The molecule has 0 amide bonds. The van der Waals surface area contributed by atoms with Crippen LogP contribution in [0.2, 0.25) is 0 Å². The molecule has 0 aromatic carbocycles. The van der Waals surface area contributed by atoms with Crippen molar-refractivity contribution >= 4 is 19.3 Å². The normalized spacial score (nSPS) is 14.0. The molecule has 0 aliphatic rings. The molecule has 0 heterocycles. The van der Waals surface area contributed by atoms with E-state index in [1.807, 2.05) is 0 Å². The van der Waals surface area contributed by atoms with Crippen LogP contribution in [0.3, 0.4) is 0 Å². The van der Waals surface area contributed by atoms with Gasteiger partial charge in [-0.2, -0.15) is 0 Å². The molecule has 0 aromatic heterocycles. The number of carboxylic acids is 1. The maximum atomic E-state index is 10.8. The molecule has 0 radical (unpaired) electrons. The Labute approximate surface area is 88.5 Å². The zero-order valence-electron chi connectivity index (χ0n) is 7.57. The van der Waals surface area contributed by atoms with Gasteiger partial charge in [-0.15, -0.1) is 0 Å². The van der Waals surface area contributed by atoms with E-state index in [-0.39, 0.29) is 25.3 Å². The average molecular weight is 200 g/mol. The summed E-state index contributed by atoms with van der Waals surface area (Å²) in [6.45, 7) is 1.29. The zero-order chi connectivity index (χ0) is 9.72. The predicted octanol–water partition coefficient (Wildman–Crippen LogP) is -4.20. The van der Waals surface area contributed by atoms with Crippen molar-refractivity contribution in [1.82, 2.24) is 0 Å². The predicted molar refractivity (Wildman–Crippen MR) is 39.9 cm³/mol. The molecule has 70 valence electrons. The van der Waals surface area contributed by atoms with Gasteiger partial charge in [0.15, 0.2) is 13.3 Å². The second kappa shape index (κ2) is 7.34. The van der Waals surface area contributed by atoms with Gasteiger partial charge in [0.1, 0.15) is 6.35 Å². The van der Waals surface area contributed by atoms with E-state index < -0.39 is 31.6 Å². The molecule has 5 nitrogen and oxygen atoms in total. The van der Waals surface area contributed by atoms with E-state index in [1.54, 1.807) is 0 Å². The van der Waals surface area contributed by atoms with Crippen molar-refractivity contribution in [2.24, 2.45) is 5.92 Å². The van der Waals surface area contributed by atoms with Gasteiger partial charge in [0.05, 0.1) is 0 Å². The molecular formula is C6H10LiO5P. The van der Waals surface area contributed by atoms with E-state index in [4.69, 9.17) is 5.11 Å². The number of aliphatic hydroxyl groups excluding tert-OH is 1. The van der Waals surface area contributed by atoms with Crippen LogP contribution in [0.4, 0.5) is 0 Å². The van der Waals surface area contributed by atoms with Crippen LogP contribution in [0.25, 0.3) is 0 Å². The van der Waals surface area contributed by atoms with Gasteiger partial charge in [0, 0.05) is 18.3 Å². The van der Waals surface area contributed by atoms with Crippen molar-refractivity contribution < 1.29 is 43.2 Å². The van der Waals surface area contributed by atoms with Crippen LogP contribution in [0.1, 0.15) is 13.3 Å². The molecule has 2 atom stereocenters. The van der Waals surface area contributed by atoms with E-state index >= 15 is 0 Å². The fourth-order valence-electron chi connectivity index (χ4n) is 0.563. The minimum atomic E-state index is -2.66. The van der Waals surface area contributed by atoms with Crippen molar-refractivity contribution in [2.75, 3.05) is 6.35 Å². The third-order valence-electron chi connectivity index (χ3n) is 1.35. The Balaban J connectivity index is 0. The number of carbonyl (C=O) groups excluding carboxylic acids is 2. The molecule has 1 N–H and O–H groups in total. The van der Waals surface area contributed by atoms with Gasteiger partial charge >= 0.3 is 18.9 Å². The first-order chi connectivity index (χ1) is 5.49. The van der Waals surface area contributed by atoms with Gasteiger partial charge in [-0.1, -0.05) is 6.92 Å². The molecule has 0 saturated heterocycles. The van der Waals surface area contributed by atoms with Crippen molar-refractivity contribution in [3.63, 3.8) is 0 Å². The topological polar surface area (TPSA) is 94.5 Å². The summed E-state index contributed by atoms with van der Waals surface area (Å²) in [7, 11) is -2.66. The third-order valence-corrected chi connectivity index (χ3v) is 2.46. The van der Waals surface area contributed by atoms with Gasteiger partial charge < -0.3 is 19.6 Å². The van der Waals surface area contributed by atoms with E-state index in [1.165, 1.54) is 6.92 Å². The Hall–Kier alpha value is -0.0726. The van der Waals surface area contributed by atoms with E-state index in [2.05, 4.69) is 0 Å². The monoisotopic (exact) mass is 200 g/mol. The summed E-state index contributed by atoms with van der Waals surface area (Å²) in [6, 6.07) is 0. The zero-order valence-corrected chi connectivity index (χ0v) is 8.57. The van der Waals surface area contributed by atoms with Crippen LogP contribution in [0.15, 0.2) is 0 Å². The fourth-order valence-corrected chi connectivity index (χ4v) is 1.27. The molecule has 0 rings (SSSR count). The summed E-state index contributed by atoms with van der Waals surface area (Å²) in [5.74, 6) is -2.30. The molecule has 0 bridgehead atoms. The summed E-state index contributed by atoms with van der Waals surface area (Å²) < 4.78 is 10.6. The first-order valence-corrected chi connectivity index (χ1v) is 4.98. The summed E-state index contributed by atoms with van der Waals surface area (Å²) in [5, 5.41) is 18.4. The number of rotatable bonds is 5. The van der Waals surface area contributed by atoms with Crippen LogP contribution >= 0.6 is 7.80 Å². The Bertz CT molecular complexity index is 217. The fraction of sp³-hybridized carbons (Fsp3) is 0.667. The molecule has 0 aromatic rings. The first-order valence-electron chi connectivity index (χ1n) is 3.36. The minimum Gasteiger partial charge on any atom is -0.550 e. The van der Waals surface area contributed by atoms with Crippen molar-refractivity contribution in [3.8, 4) is 0 Å². The smallest absolute Gasteiger partial charge is 0.550 e. The molecular weight excluding hydrogens is 190 g/mol. The number of aliphatic hydroxyl groups is 1. The van der Waals surface area contributed by atoms with E-state index in [0.29, 0.717) is 0 Å². The molecule has 0 saturated carbocycles. The van der Waals surface area contributed by atoms with Crippen LogP contribution in [0, 0.1) is 5.92 Å². The van der Waals surface area contributed by atoms with Crippen LogP contribution in [-0.4, -0.2) is 22.9 Å². The quantitative estimate of drug-likeness (QED) is 0.358. The Morgan fingerprint density at radius 1 is 1.54 bits per heavy atom. The van der Waals surface area contributed by atoms with Crippen molar-refractivity contribution in [3.05, 3.63) is 0 Å². The van der Waals surface area contributed by atoms with Gasteiger partial charge in [-0.25, -0.2) is 0 Å². The second-order valence-electron chi connectivity index (χ2n) is 2.43. The van der Waals surface area contributed by atoms with Crippen molar-refractivity contribution in [1.29, 1.82) is 0 Å². The Kier molecular flexibility index (Phi) is 8.70. The van der Waals surface area contributed by atoms with Gasteiger partial charge in [0.2, 0.25) is 0 Å². The number of carboxylic acid groups (broad SMARTS) is 1. The first kappa shape index (κ1) is 15.4. The van der Waals surface area contributed by atoms with Crippen LogP contribution in [-0.2, 0) is 14.2 Å². The molecule has 0 fully saturated rings. The average Bonchev–Trinajstić information content (AvgIpc) is 2.02. The molecule has 13 heavy (non-hydrogen) atoms. The largest absolute Gasteiger partial charge is 1.00 e. The van der Waals surface area contributed by atoms with Gasteiger partial charge in [-0.05, 0) is 0 Å². The summed E-state index contributed by atoms with van der Waals surface area (Å²) in [5.41, 5.74) is -0.695. The maximum Gasteiger partial charge on any atom is 1.00 e. The Morgan fingerprint density at radius 2 is 2.00 bits per heavy atom. The molecule has 0 spiro atoms. The Morgan fingerprint density at radius 3 is 2.31 bits per heavy atom. The van der Waals surface area contributed by atoms with Crippen LogP contribution in [0.5, 0.6) is 0 Å². The summed E-state index contributed by atoms with van der Waals surface area (Å²) in [4.78, 5) is 20.9. The molecule has 2 unspecified atom stereocenters. The van der Waals surface area contributed by atoms with Crippen molar-refractivity contribution in [2.45, 2.75) is 13.3 Å². The number of aliphatic carboxylic acids is 1. The molecule has 0 aliphatic carbocycles. The van der Waals surface area contributed by atoms with E-state index in [0.717, 1.165) is 0 Å². The number of hydrogen-bond acceptors (Lipinski definition) is 5. The molecule has 7 heteroatoms. The van der Waals surface area contributed by atoms with Gasteiger partial charge in [0.25, 0.3) is 0 Å². The van der Waals surface area contributed by atoms with Crippen LogP contribution < -0.4 is 24.0 Å². The van der Waals surface area contributed by atoms with E-state index in [9.17, 15) is 19.3 Å². The molecule has 0 aliphatic heterocycles. The number of hydrogen-bond donors (Lipinski definition) is 1.